The minimum Gasteiger partial charge on any atom is -0.414 e. The first-order valence-electron chi connectivity index (χ1n) is 14.6. The van der Waals surface area contributed by atoms with Gasteiger partial charge in [-0.3, -0.25) is 0 Å². The number of aromatic nitrogens is 2. The van der Waals surface area contributed by atoms with E-state index in [1.165, 1.54) is 56.7 Å². The Bertz CT molecular complexity index is 962. The van der Waals surface area contributed by atoms with E-state index in [2.05, 4.69) is 45.3 Å². The SMILES string of the molecule is CC[Si](CC)(CC)OC1CCC[C@@]2(C)C1CC[C@@H]2[C@H](C)CCCC(O)c1nc2ccccc2n1C. The lowest BCUT2D eigenvalue weighted by atomic mass is 9.61. The van der Waals surface area contributed by atoms with Gasteiger partial charge in [-0.1, -0.05) is 66.0 Å². The van der Waals surface area contributed by atoms with Crippen molar-refractivity contribution in [3.63, 3.8) is 0 Å². The summed E-state index contributed by atoms with van der Waals surface area (Å²) in [4.78, 5) is 4.71. The molecule has 1 N–H and O–H groups in total. The van der Waals surface area contributed by atoms with Crippen molar-refractivity contribution >= 4 is 19.4 Å². The lowest BCUT2D eigenvalue weighted by Gasteiger charge is -2.49. The summed E-state index contributed by atoms with van der Waals surface area (Å²) in [5, 5.41) is 10.9. The third kappa shape index (κ3) is 5.15. The van der Waals surface area contributed by atoms with Gasteiger partial charge in [0.25, 0.3) is 0 Å². The van der Waals surface area contributed by atoms with E-state index in [4.69, 9.17) is 9.41 Å². The molecule has 0 bridgehead atoms. The Labute approximate surface area is 215 Å². The summed E-state index contributed by atoms with van der Waals surface area (Å²) in [5.74, 6) is 3.02. The zero-order chi connectivity index (χ0) is 25.2. The summed E-state index contributed by atoms with van der Waals surface area (Å²) in [6.45, 7) is 12.2. The van der Waals surface area contributed by atoms with Crippen LogP contribution in [0, 0.1) is 23.2 Å². The number of aliphatic hydroxyl groups excluding tert-OH is 1. The molecule has 4 rings (SSSR count). The topological polar surface area (TPSA) is 47.3 Å². The second-order valence-electron chi connectivity index (χ2n) is 12.0. The average Bonchev–Trinajstić information content (AvgIpc) is 3.40. The lowest BCUT2D eigenvalue weighted by molar-refractivity contribution is -0.0206. The van der Waals surface area contributed by atoms with Gasteiger partial charge in [-0.2, -0.15) is 0 Å². The summed E-state index contributed by atoms with van der Waals surface area (Å²) >= 11 is 0. The molecule has 0 amide bonds. The second kappa shape index (κ2) is 11.1. The fourth-order valence-corrected chi connectivity index (χ4v) is 10.9. The second-order valence-corrected chi connectivity index (χ2v) is 16.8. The highest BCUT2D eigenvalue weighted by molar-refractivity contribution is 6.73. The summed E-state index contributed by atoms with van der Waals surface area (Å²) in [6, 6.07) is 11.9. The molecule has 1 aromatic carbocycles. The molecule has 1 aromatic heterocycles. The third-order valence-corrected chi connectivity index (χ3v) is 15.1. The van der Waals surface area contributed by atoms with Crippen LogP contribution >= 0.6 is 0 Å². The zero-order valence-electron chi connectivity index (χ0n) is 23.2. The maximum atomic E-state index is 10.9. The molecule has 3 unspecified atom stereocenters. The predicted molar refractivity (Wildman–Crippen MR) is 149 cm³/mol. The van der Waals surface area contributed by atoms with Gasteiger partial charge in [0.1, 0.15) is 11.9 Å². The van der Waals surface area contributed by atoms with Gasteiger partial charge >= 0.3 is 0 Å². The minimum absolute atomic E-state index is 0.424. The summed E-state index contributed by atoms with van der Waals surface area (Å²) < 4.78 is 9.18. The predicted octanol–water partition coefficient (Wildman–Crippen LogP) is 8.02. The van der Waals surface area contributed by atoms with Gasteiger partial charge in [0, 0.05) is 13.2 Å². The van der Waals surface area contributed by atoms with Crippen molar-refractivity contribution in [2.75, 3.05) is 0 Å². The first kappa shape index (κ1) is 26.9. The van der Waals surface area contributed by atoms with Crippen LogP contribution in [0.3, 0.4) is 0 Å². The number of aryl methyl sites for hydroxylation is 1. The van der Waals surface area contributed by atoms with Gasteiger partial charge in [-0.25, -0.2) is 4.98 Å². The van der Waals surface area contributed by atoms with E-state index in [1.54, 1.807) is 0 Å². The van der Waals surface area contributed by atoms with Crippen molar-refractivity contribution in [2.24, 2.45) is 30.2 Å². The molecule has 2 aliphatic carbocycles. The number of benzene rings is 1. The van der Waals surface area contributed by atoms with E-state index in [0.29, 0.717) is 17.4 Å². The summed E-state index contributed by atoms with van der Waals surface area (Å²) in [5.41, 5.74) is 2.49. The van der Waals surface area contributed by atoms with Crippen molar-refractivity contribution in [1.29, 1.82) is 0 Å². The van der Waals surface area contributed by atoms with E-state index in [1.807, 2.05) is 25.2 Å². The molecule has 2 aromatic rings. The normalized spacial score (nSPS) is 28.8. The number of hydrogen-bond donors (Lipinski definition) is 1. The Morgan fingerprint density at radius 1 is 1.11 bits per heavy atom. The zero-order valence-corrected chi connectivity index (χ0v) is 24.2. The van der Waals surface area contributed by atoms with Crippen molar-refractivity contribution in [3.05, 3.63) is 30.1 Å². The third-order valence-electron chi connectivity index (χ3n) is 10.4. The maximum absolute atomic E-state index is 10.9. The Morgan fingerprint density at radius 3 is 2.51 bits per heavy atom. The molecular formula is C30H50N2O2Si. The van der Waals surface area contributed by atoms with Crippen molar-refractivity contribution in [1.82, 2.24) is 9.55 Å². The van der Waals surface area contributed by atoms with Gasteiger partial charge in [-0.05, 0) is 85.5 Å². The Morgan fingerprint density at radius 2 is 1.83 bits per heavy atom. The molecule has 2 fully saturated rings. The molecule has 0 saturated heterocycles. The van der Waals surface area contributed by atoms with Gasteiger partial charge in [-0.15, -0.1) is 0 Å². The van der Waals surface area contributed by atoms with Crippen molar-refractivity contribution in [2.45, 2.75) is 116 Å². The van der Waals surface area contributed by atoms with Gasteiger partial charge in [0.15, 0.2) is 8.32 Å². The fraction of sp³-hybridized carbons (Fsp3) is 0.767. The van der Waals surface area contributed by atoms with Crippen molar-refractivity contribution < 1.29 is 9.53 Å². The Kier molecular flexibility index (Phi) is 8.49. The number of imidazole rings is 1. The lowest BCUT2D eigenvalue weighted by Crippen LogP contribution is -2.48. The van der Waals surface area contributed by atoms with Gasteiger partial charge in [0.2, 0.25) is 0 Å². The molecule has 5 heteroatoms. The molecule has 4 nitrogen and oxygen atoms in total. The number of aliphatic hydroxyl groups is 1. The highest BCUT2D eigenvalue weighted by Gasteiger charge is 2.53. The van der Waals surface area contributed by atoms with Crippen LogP contribution in [0.1, 0.15) is 97.9 Å². The molecular weight excluding hydrogens is 448 g/mol. The molecule has 196 valence electrons. The fourth-order valence-electron chi connectivity index (χ4n) is 7.98. The molecule has 2 saturated carbocycles. The van der Waals surface area contributed by atoms with Gasteiger partial charge < -0.3 is 14.1 Å². The van der Waals surface area contributed by atoms with E-state index in [9.17, 15) is 5.11 Å². The quantitative estimate of drug-likeness (QED) is 0.319. The molecule has 1 heterocycles. The highest BCUT2D eigenvalue weighted by Crippen LogP contribution is 2.59. The van der Waals surface area contributed by atoms with Crippen molar-refractivity contribution in [3.8, 4) is 0 Å². The minimum atomic E-state index is -1.57. The van der Waals surface area contributed by atoms with Crippen LogP contribution in [0.15, 0.2) is 24.3 Å². The smallest absolute Gasteiger partial charge is 0.192 e. The van der Waals surface area contributed by atoms with Crippen LogP contribution in [-0.2, 0) is 11.5 Å². The number of fused-ring (bicyclic) bond motifs is 2. The number of hydrogen-bond acceptors (Lipinski definition) is 3. The molecule has 6 atom stereocenters. The summed E-state index contributed by atoms with van der Waals surface area (Å²) in [6.07, 6.45) is 9.72. The molecule has 0 radical (unpaired) electrons. The summed E-state index contributed by atoms with van der Waals surface area (Å²) in [7, 11) is 0.453. The highest BCUT2D eigenvalue weighted by atomic mass is 28.4. The number of nitrogens with zero attached hydrogens (tertiary/aromatic N) is 2. The largest absolute Gasteiger partial charge is 0.414 e. The maximum Gasteiger partial charge on any atom is 0.192 e. The van der Waals surface area contributed by atoms with E-state index < -0.39 is 14.4 Å². The van der Waals surface area contributed by atoms with E-state index >= 15 is 0 Å². The molecule has 0 aliphatic heterocycles. The van der Waals surface area contributed by atoms with E-state index in [-0.39, 0.29) is 0 Å². The molecule has 0 spiro atoms. The van der Waals surface area contributed by atoms with Crippen LogP contribution in [0.4, 0.5) is 0 Å². The van der Waals surface area contributed by atoms with Crippen LogP contribution in [0.25, 0.3) is 11.0 Å². The first-order valence-corrected chi connectivity index (χ1v) is 17.1. The molecule has 2 aliphatic rings. The number of rotatable bonds is 11. The first-order chi connectivity index (χ1) is 16.8. The Hall–Kier alpha value is -1.17. The standard InChI is InChI=1S/C30H50N2O2Si/c1-7-35(8-2,9-3)34-28-18-13-21-30(5)23(19-20-24(28)30)22(4)14-12-17-27(33)29-31-25-15-10-11-16-26(25)32(29)6/h10-11,15-16,22-24,27-28,33H,7-9,12-14,17-21H2,1-6H3/t22-,23-,24?,27?,28?,30-/m1/s1. The molecule has 35 heavy (non-hydrogen) atoms. The van der Waals surface area contributed by atoms with Crippen LogP contribution < -0.4 is 0 Å². The van der Waals surface area contributed by atoms with Crippen LogP contribution in [-0.4, -0.2) is 29.1 Å². The monoisotopic (exact) mass is 498 g/mol. The average molecular weight is 499 g/mol. The van der Waals surface area contributed by atoms with Crippen LogP contribution in [0.2, 0.25) is 18.1 Å². The number of para-hydroxylation sites is 2. The van der Waals surface area contributed by atoms with Gasteiger partial charge in [0.05, 0.1) is 11.0 Å². The van der Waals surface area contributed by atoms with E-state index in [0.717, 1.165) is 41.5 Å². The Balaban J connectivity index is 1.36. The van der Waals surface area contributed by atoms with Crippen LogP contribution in [0.5, 0.6) is 0 Å².